The highest BCUT2D eigenvalue weighted by molar-refractivity contribution is 5.84. The normalized spacial score (nSPS) is 23.5. The predicted molar refractivity (Wildman–Crippen MR) is 113 cm³/mol. The number of hydrogen-bond acceptors (Lipinski definition) is 4. The van der Waals surface area contributed by atoms with E-state index in [-0.39, 0.29) is 12.3 Å². The zero-order valence-corrected chi connectivity index (χ0v) is 17.9. The molecule has 0 heterocycles. The Hall–Kier alpha value is -1.20. The summed E-state index contributed by atoms with van der Waals surface area (Å²) >= 11 is 0. The molecule has 1 aliphatic carbocycles. The number of carboxylic acid groups (broad SMARTS) is 1. The van der Waals surface area contributed by atoms with Crippen LogP contribution < -0.4 is 5.32 Å². The number of hydrogen-bond donors (Lipinski definition) is 3. The minimum atomic E-state index is -1.26. The second kappa shape index (κ2) is 14.7. The number of Topliss-reactive ketones (excluding diaryl/α,β-unsaturated/α-hetero) is 1. The van der Waals surface area contributed by atoms with Gasteiger partial charge < -0.3 is 15.5 Å². The standard InChI is InChI=1S/C23H41NO4/c1-3-5-6-7-8-10-13-19-18(17-24-4-2)16-22(26)20(19)14-11-9-12-15-21(25)23(27)28/h10,13,18-21,24-25H,3-9,11-12,14-17H2,1-2H3,(H,27,28)/t18-,19-,20+,21?/m0/s1. The third-order valence-corrected chi connectivity index (χ3v) is 5.90. The summed E-state index contributed by atoms with van der Waals surface area (Å²) < 4.78 is 0. The molecule has 0 aliphatic heterocycles. The van der Waals surface area contributed by atoms with E-state index >= 15 is 0 Å². The molecule has 1 rings (SSSR count). The van der Waals surface area contributed by atoms with Gasteiger partial charge in [0.25, 0.3) is 0 Å². The predicted octanol–water partition coefficient (Wildman–Crippen LogP) is 4.34. The number of carbonyl (C=O) groups is 2. The molecule has 0 saturated heterocycles. The Morgan fingerprint density at radius 1 is 1.18 bits per heavy atom. The monoisotopic (exact) mass is 395 g/mol. The number of rotatable bonds is 16. The Morgan fingerprint density at radius 3 is 2.61 bits per heavy atom. The first kappa shape index (κ1) is 24.8. The van der Waals surface area contributed by atoms with Crippen molar-refractivity contribution in [1.82, 2.24) is 5.32 Å². The fourth-order valence-electron chi connectivity index (χ4n) is 4.22. The zero-order chi connectivity index (χ0) is 20.8. The number of carbonyl (C=O) groups excluding carboxylic acids is 1. The van der Waals surface area contributed by atoms with Crippen molar-refractivity contribution in [3.8, 4) is 0 Å². The van der Waals surface area contributed by atoms with Crippen molar-refractivity contribution in [3.63, 3.8) is 0 Å². The average molecular weight is 396 g/mol. The minimum absolute atomic E-state index is 0.0972. The first-order chi connectivity index (χ1) is 13.5. The first-order valence-corrected chi connectivity index (χ1v) is 11.3. The van der Waals surface area contributed by atoms with Gasteiger partial charge in [0, 0.05) is 12.3 Å². The molecule has 0 aromatic heterocycles. The lowest BCUT2D eigenvalue weighted by atomic mass is 9.85. The van der Waals surface area contributed by atoms with Crippen molar-refractivity contribution in [2.24, 2.45) is 17.8 Å². The van der Waals surface area contributed by atoms with Gasteiger partial charge in [0.15, 0.2) is 6.10 Å². The molecule has 0 amide bonds. The van der Waals surface area contributed by atoms with Crippen molar-refractivity contribution in [2.75, 3.05) is 13.1 Å². The number of carboxylic acids is 1. The molecule has 162 valence electrons. The smallest absolute Gasteiger partial charge is 0.332 e. The van der Waals surface area contributed by atoms with Gasteiger partial charge in [0.05, 0.1) is 0 Å². The molecule has 5 nitrogen and oxygen atoms in total. The van der Waals surface area contributed by atoms with Crippen LogP contribution in [0.5, 0.6) is 0 Å². The largest absolute Gasteiger partial charge is 0.479 e. The van der Waals surface area contributed by atoms with Gasteiger partial charge in [0.1, 0.15) is 5.78 Å². The van der Waals surface area contributed by atoms with Crippen LogP contribution in [0.15, 0.2) is 12.2 Å². The molecule has 0 aromatic carbocycles. The van der Waals surface area contributed by atoms with E-state index in [4.69, 9.17) is 5.11 Å². The molecule has 0 radical (unpaired) electrons. The third-order valence-electron chi connectivity index (χ3n) is 5.90. The van der Waals surface area contributed by atoms with Crippen LogP contribution >= 0.6 is 0 Å². The van der Waals surface area contributed by atoms with Crippen molar-refractivity contribution in [1.29, 1.82) is 0 Å². The summed E-state index contributed by atoms with van der Waals surface area (Å²) in [6.45, 7) is 6.14. The van der Waals surface area contributed by atoms with Gasteiger partial charge in [0.2, 0.25) is 0 Å². The third kappa shape index (κ3) is 9.33. The number of unbranched alkanes of at least 4 members (excludes halogenated alkanes) is 6. The van der Waals surface area contributed by atoms with Crippen LogP contribution in [0.4, 0.5) is 0 Å². The van der Waals surface area contributed by atoms with Crippen LogP contribution in [0.2, 0.25) is 0 Å². The SMILES string of the molecule is CCCCCCC=C[C@H]1[C@H](CNCC)CC(=O)[C@@H]1CCCCCC(O)C(=O)O. The summed E-state index contributed by atoms with van der Waals surface area (Å²) in [6.07, 6.45) is 13.7. The highest BCUT2D eigenvalue weighted by Gasteiger charge is 2.39. The second-order valence-corrected chi connectivity index (χ2v) is 8.19. The molecule has 3 N–H and O–H groups in total. The van der Waals surface area contributed by atoms with Gasteiger partial charge in [-0.2, -0.15) is 0 Å². The molecule has 4 atom stereocenters. The van der Waals surface area contributed by atoms with E-state index in [0.29, 0.717) is 30.5 Å². The summed E-state index contributed by atoms with van der Waals surface area (Å²) in [5, 5.41) is 21.5. The Morgan fingerprint density at radius 2 is 1.93 bits per heavy atom. The topological polar surface area (TPSA) is 86.6 Å². The lowest BCUT2D eigenvalue weighted by Gasteiger charge is -2.21. The van der Waals surface area contributed by atoms with Crippen molar-refractivity contribution in [3.05, 3.63) is 12.2 Å². The van der Waals surface area contributed by atoms with E-state index in [1.54, 1.807) is 0 Å². The summed E-state index contributed by atoms with van der Waals surface area (Å²) in [6, 6.07) is 0. The van der Waals surface area contributed by atoms with Crippen molar-refractivity contribution >= 4 is 11.8 Å². The number of aliphatic carboxylic acids is 1. The van der Waals surface area contributed by atoms with Gasteiger partial charge in [-0.15, -0.1) is 0 Å². The van der Waals surface area contributed by atoms with Crippen molar-refractivity contribution in [2.45, 2.75) is 90.6 Å². The van der Waals surface area contributed by atoms with Crippen LogP contribution in [0, 0.1) is 17.8 Å². The fourth-order valence-corrected chi connectivity index (χ4v) is 4.22. The van der Waals surface area contributed by atoms with E-state index in [0.717, 1.165) is 38.8 Å². The number of nitrogens with one attached hydrogen (secondary N) is 1. The van der Waals surface area contributed by atoms with Gasteiger partial charge in [-0.05, 0) is 50.6 Å². The minimum Gasteiger partial charge on any atom is -0.479 e. The maximum absolute atomic E-state index is 12.6. The van der Waals surface area contributed by atoms with Crippen LogP contribution in [0.3, 0.4) is 0 Å². The number of aliphatic hydroxyl groups is 1. The Bertz CT molecular complexity index is 477. The molecule has 0 aromatic rings. The Labute approximate surface area is 171 Å². The zero-order valence-electron chi connectivity index (χ0n) is 17.9. The molecule has 1 unspecified atom stereocenters. The molecule has 1 saturated carbocycles. The maximum Gasteiger partial charge on any atom is 0.332 e. The molecular weight excluding hydrogens is 354 g/mol. The maximum atomic E-state index is 12.6. The molecule has 28 heavy (non-hydrogen) atoms. The molecule has 1 aliphatic rings. The molecule has 0 spiro atoms. The van der Waals surface area contributed by atoms with Crippen LogP contribution in [0.1, 0.15) is 84.5 Å². The fraction of sp³-hybridized carbons (Fsp3) is 0.826. The number of allylic oxidation sites excluding steroid dienone is 2. The second-order valence-electron chi connectivity index (χ2n) is 8.19. The quantitative estimate of drug-likeness (QED) is 0.267. The first-order valence-electron chi connectivity index (χ1n) is 11.3. The molecule has 5 heteroatoms. The summed E-state index contributed by atoms with van der Waals surface area (Å²) in [4.78, 5) is 23.3. The summed E-state index contributed by atoms with van der Waals surface area (Å²) in [7, 11) is 0. The van der Waals surface area contributed by atoms with Gasteiger partial charge >= 0.3 is 5.97 Å². The molecule has 0 bridgehead atoms. The van der Waals surface area contributed by atoms with E-state index in [1.165, 1.54) is 25.7 Å². The molecule has 1 fully saturated rings. The van der Waals surface area contributed by atoms with Crippen molar-refractivity contribution < 1.29 is 19.8 Å². The lowest BCUT2D eigenvalue weighted by molar-refractivity contribution is -0.147. The number of aliphatic hydroxyl groups excluding tert-OH is 1. The highest BCUT2D eigenvalue weighted by Crippen LogP contribution is 2.38. The molecular formula is C23H41NO4. The van der Waals surface area contributed by atoms with Gasteiger partial charge in [-0.25, -0.2) is 4.79 Å². The van der Waals surface area contributed by atoms with Crippen LogP contribution in [-0.4, -0.2) is 41.2 Å². The van der Waals surface area contributed by atoms with Crippen LogP contribution in [-0.2, 0) is 9.59 Å². The van der Waals surface area contributed by atoms with Gasteiger partial charge in [-0.3, -0.25) is 4.79 Å². The van der Waals surface area contributed by atoms with E-state index in [2.05, 4.69) is 31.3 Å². The highest BCUT2D eigenvalue weighted by atomic mass is 16.4. The van der Waals surface area contributed by atoms with E-state index < -0.39 is 12.1 Å². The van der Waals surface area contributed by atoms with Gasteiger partial charge in [-0.1, -0.05) is 64.5 Å². The number of ketones is 1. The average Bonchev–Trinajstić information content (AvgIpc) is 2.97. The Kier molecular flexibility index (Phi) is 13.1. The lowest BCUT2D eigenvalue weighted by Crippen LogP contribution is -2.26. The summed E-state index contributed by atoms with van der Waals surface area (Å²) in [5.74, 6) is 0.0379. The van der Waals surface area contributed by atoms with E-state index in [9.17, 15) is 14.7 Å². The van der Waals surface area contributed by atoms with E-state index in [1.807, 2.05) is 0 Å². The summed E-state index contributed by atoms with van der Waals surface area (Å²) in [5.41, 5.74) is 0. The Balaban J connectivity index is 2.50. The van der Waals surface area contributed by atoms with Crippen LogP contribution in [0.25, 0.3) is 0 Å².